The predicted molar refractivity (Wildman–Crippen MR) is 76.3 cm³/mol. The summed E-state index contributed by atoms with van der Waals surface area (Å²) in [5, 5.41) is 11.3. The van der Waals surface area contributed by atoms with Crippen LogP contribution in [0.5, 0.6) is 0 Å². The van der Waals surface area contributed by atoms with Gasteiger partial charge in [-0.2, -0.15) is 0 Å². The summed E-state index contributed by atoms with van der Waals surface area (Å²) in [5.74, 6) is 5.00. The Hall–Kier alpha value is -1.64. The summed E-state index contributed by atoms with van der Waals surface area (Å²) in [6, 6.07) is 6.92. The second-order valence-corrected chi connectivity index (χ2v) is 5.83. The van der Waals surface area contributed by atoms with E-state index in [1.165, 1.54) is 0 Å². The number of hydrogen-bond acceptors (Lipinski definition) is 3. The Labute approximate surface area is 115 Å². The van der Waals surface area contributed by atoms with Crippen LogP contribution in [-0.4, -0.2) is 39.9 Å². The van der Waals surface area contributed by atoms with E-state index in [0.717, 1.165) is 0 Å². The molecule has 2 atom stereocenters. The van der Waals surface area contributed by atoms with Gasteiger partial charge < -0.3 is 10.4 Å². The molecular formula is C14H17NO3S. The van der Waals surface area contributed by atoms with E-state index >= 15 is 0 Å². The zero-order valence-electron chi connectivity index (χ0n) is 11.0. The van der Waals surface area contributed by atoms with Crippen molar-refractivity contribution >= 4 is 16.7 Å². The number of aliphatic hydroxyl groups excluding tert-OH is 1. The Kier molecular flexibility index (Phi) is 6.26. The Morgan fingerprint density at radius 3 is 2.79 bits per heavy atom. The molecule has 0 saturated heterocycles. The number of benzene rings is 1. The number of nitrogens with one attached hydrogen (secondary N) is 1. The van der Waals surface area contributed by atoms with Gasteiger partial charge in [-0.25, -0.2) is 0 Å². The zero-order valence-corrected chi connectivity index (χ0v) is 11.8. The molecule has 102 valence electrons. The second kappa shape index (κ2) is 7.72. The predicted octanol–water partition coefficient (Wildman–Crippen LogP) is 0.527. The van der Waals surface area contributed by atoms with Crippen molar-refractivity contribution in [3.05, 3.63) is 35.4 Å². The van der Waals surface area contributed by atoms with Crippen LogP contribution in [0, 0.1) is 11.8 Å². The minimum absolute atomic E-state index is 0.0976. The molecule has 0 fully saturated rings. The van der Waals surface area contributed by atoms with E-state index in [9.17, 15) is 9.00 Å². The molecule has 0 aliphatic rings. The van der Waals surface area contributed by atoms with Crippen molar-refractivity contribution in [1.29, 1.82) is 0 Å². The van der Waals surface area contributed by atoms with Crippen molar-refractivity contribution in [2.24, 2.45) is 0 Å². The molecular weight excluding hydrogens is 262 g/mol. The van der Waals surface area contributed by atoms with Crippen molar-refractivity contribution in [3.8, 4) is 11.8 Å². The van der Waals surface area contributed by atoms with Gasteiger partial charge in [-0.15, -0.1) is 0 Å². The third-order valence-corrected chi connectivity index (χ3v) is 3.89. The topological polar surface area (TPSA) is 66.4 Å². The summed E-state index contributed by atoms with van der Waals surface area (Å²) < 4.78 is 11.2. The molecule has 2 N–H and O–H groups in total. The summed E-state index contributed by atoms with van der Waals surface area (Å²) >= 11 is 0. The van der Waals surface area contributed by atoms with E-state index in [2.05, 4.69) is 17.2 Å². The maximum absolute atomic E-state index is 12.0. The fraction of sp³-hybridized carbons (Fsp3) is 0.357. The van der Waals surface area contributed by atoms with E-state index < -0.39 is 10.8 Å². The number of carbonyl (C=O) groups is 1. The lowest BCUT2D eigenvalue weighted by Crippen LogP contribution is -2.32. The lowest BCUT2D eigenvalue weighted by Gasteiger charge is -2.10. The summed E-state index contributed by atoms with van der Waals surface area (Å²) in [5.41, 5.74) is 1.02. The highest BCUT2D eigenvalue weighted by molar-refractivity contribution is 7.84. The molecule has 4 nitrogen and oxygen atoms in total. The normalized spacial score (nSPS) is 13.0. The molecule has 5 heteroatoms. The summed E-state index contributed by atoms with van der Waals surface area (Å²) in [6.07, 6.45) is 1.61. The largest absolute Gasteiger partial charge is 0.384 e. The highest BCUT2D eigenvalue weighted by Crippen LogP contribution is 2.07. The highest BCUT2D eigenvalue weighted by Gasteiger charge is 2.12. The molecule has 0 radical (unpaired) electrons. The Bertz CT molecular complexity index is 531. The van der Waals surface area contributed by atoms with Crippen molar-refractivity contribution in [3.63, 3.8) is 0 Å². The van der Waals surface area contributed by atoms with Crippen LogP contribution >= 0.6 is 0 Å². The number of carbonyl (C=O) groups excluding carboxylic acids is 1. The van der Waals surface area contributed by atoms with Crippen LogP contribution in [0.15, 0.2) is 24.3 Å². The first-order chi connectivity index (χ1) is 9.06. The van der Waals surface area contributed by atoms with Crippen LogP contribution in [0.25, 0.3) is 0 Å². The smallest absolute Gasteiger partial charge is 0.252 e. The number of aliphatic hydroxyl groups is 1. The van der Waals surface area contributed by atoms with Crippen molar-refractivity contribution in [1.82, 2.24) is 5.32 Å². The van der Waals surface area contributed by atoms with Gasteiger partial charge in [-0.05, 0) is 19.1 Å². The Morgan fingerprint density at radius 2 is 2.16 bits per heavy atom. The molecule has 0 aliphatic heterocycles. The van der Waals surface area contributed by atoms with Gasteiger partial charge in [-0.1, -0.05) is 24.0 Å². The second-order valence-electron chi connectivity index (χ2n) is 4.02. The van der Waals surface area contributed by atoms with E-state index in [1.54, 1.807) is 30.5 Å². The summed E-state index contributed by atoms with van der Waals surface area (Å²) in [7, 11) is -0.969. The van der Waals surface area contributed by atoms with Crippen LogP contribution in [0.1, 0.15) is 22.8 Å². The Morgan fingerprint density at radius 1 is 1.47 bits per heavy atom. The van der Waals surface area contributed by atoms with E-state index in [4.69, 9.17) is 5.11 Å². The third-order valence-electron chi connectivity index (χ3n) is 2.59. The van der Waals surface area contributed by atoms with Crippen molar-refractivity contribution in [2.75, 3.05) is 19.4 Å². The van der Waals surface area contributed by atoms with Gasteiger partial charge in [0, 0.05) is 34.4 Å². The van der Waals surface area contributed by atoms with Crippen molar-refractivity contribution in [2.45, 2.75) is 12.2 Å². The van der Waals surface area contributed by atoms with Crippen LogP contribution in [0.2, 0.25) is 0 Å². The molecule has 0 aromatic heterocycles. The van der Waals surface area contributed by atoms with Crippen LogP contribution in [-0.2, 0) is 10.8 Å². The fourth-order valence-corrected chi connectivity index (χ4v) is 1.69. The van der Waals surface area contributed by atoms with E-state index in [0.29, 0.717) is 17.7 Å². The molecule has 1 aromatic rings. The van der Waals surface area contributed by atoms with Gasteiger partial charge in [0.05, 0.1) is 5.56 Å². The molecule has 0 saturated carbocycles. The fourth-order valence-electron chi connectivity index (χ4n) is 1.37. The molecule has 1 aromatic carbocycles. The first-order valence-corrected chi connectivity index (χ1v) is 7.47. The van der Waals surface area contributed by atoms with E-state index in [1.807, 2.05) is 6.92 Å². The quantitative estimate of drug-likeness (QED) is 0.790. The van der Waals surface area contributed by atoms with Crippen molar-refractivity contribution < 1.29 is 14.1 Å². The highest BCUT2D eigenvalue weighted by atomic mass is 32.2. The van der Waals surface area contributed by atoms with E-state index in [-0.39, 0.29) is 17.8 Å². The number of hydrogen-bond donors (Lipinski definition) is 2. The van der Waals surface area contributed by atoms with Gasteiger partial charge in [0.1, 0.15) is 6.61 Å². The maximum Gasteiger partial charge on any atom is 0.252 e. The molecule has 0 heterocycles. The van der Waals surface area contributed by atoms with Gasteiger partial charge in [0.15, 0.2) is 0 Å². The molecule has 1 amide bonds. The SMILES string of the molecule is CC(CNC(=O)c1ccccc1C#CCO)S(C)=O. The minimum Gasteiger partial charge on any atom is -0.384 e. The van der Waals surface area contributed by atoms with Crippen LogP contribution in [0.3, 0.4) is 0 Å². The third kappa shape index (κ3) is 4.86. The first-order valence-electron chi connectivity index (χ1n) is 5.85. The van der Waals surface area contributed by atoms with Crippen LogP contribution in [0.4, 0.5) is 0 Å². The lowest BCUT2D eigenvalue weighted by molar-refractivity contribution is 0.0954. The monoisotopic (exact) mass is 279 g/mol. The molecule has 0 bridgehead atoms. The number of rotatable bonds is 4. The molecule has 19 heavy (non-hydrogen) atoms. The van der Waals surface area contributed by atoms with Gasteiger partial charge in [-0.3, -0.25) is 9.00 Å². The maximum atomic E-state index is 12.0. The molecule has 0 aliphatic carbocycles. The molecule has 0 spiro atoms. The van der Waals surface area contributed by atoms with Gasteiger partial charge in [0.2, 0.25) is 0 Å². The van der Waals surface area contributed by atoms with Gasteiger partial charge >= 0.3 is 0 Å². The molecule has 2 unspecified atom stereocenters. The first kappa shape index (κ1) is 15.4. The van der Waals surface area contributed by atoms with Gasteiger partial charge in [0.25, 0.3) is 5.91 Å². The summed E-state index contributed by atoms with van der Waals surface area (Å²) in [4.78, 5) is 12.0. The zero-order chi connectivity index (χ0) is 14.3. The minimum atomic E-state index is -0.969. The lowest BCUT2D eigenvalue weighted by atomic mass is 10.1. The number of amides is 1. The average molecular weight is 279 g/mol. The Balaban J connectivity index is 2.79. The molecule has 1 rings (SSSR count). The average Bonchev–Trinajstić information content (AvgIpc) is 2.42. The summed E-state index contributed by atoms with van der Waals surface area (Å²) in [6.45, 7) is 1.92. The van der Waals surface area contributed by atoms with Crippen LogP contribution < -0.4 is 5.32 Å². The standard InChI is InChI=1S/C14H17NO3S/c1-11(19(2)18)10-15-14(17)13-8-4-3-6-12(13)7-5-9-16/h3-4,6,8,11,16H,9-10H2,1-2H3,(H,15,17).